The van der Waals surface area contributed by atoms with Crippen molar-refractivity contribution >= 4 is 11.4 Å². The van der Waals surface area contributed by atoms with Crippen molar-refractivity contribution in [2.24, 2.45) is 10.3 Å². The highest BCUT2D eigenvalue weighted by Gasteiger charge is 2.01. The summed E-state index contributed by atoms with van der Waals surface area (Å²) in [5, 5.41) is 10.5. The molecule has 0 radical (unpaired) electrons. The number of anilines is 1. The molecular formula is C16H19N3. The van der Waals surface area contributed by atoms with E-state index >= 15 is 0 Å². The van der Waals surface area contributed by atoms with E-state index in [1.165, 1.54) is 11.1 Å². The Bertz CT molecular complexity index is 541. The highest BCUT2D eigenvalue weighted by molar-refractivity contribution is 5.46. The monoisotopic (exact) mass is 253 g/mol. The van der Waals surface area contributed by atoms with Crippen LogP contribution in [-0.4, -0.2) is 6.54 Å². The van der Waals surface area contributed by atoms with Crippen molar-refractivity contribution in [3.8, 4) is 0 Å². The first kappa shape index (κ1) is 13.3. The summed E-state index contributed by atoms with van der Waals surface area (Å²) in [4.78, 5) is 0. The maximum absolute atomic E-state index is 4.30. The standard InChI is InChI=1S/C16H19N3/c1-4-19(16-11-7-14(3)8-12-16)18-17-15-9-5-13(2)6-10-15/h5-12H,4H2,1-3H3. The molecule has 0 aliphatic heterocycles. The van der Waals surface area contributed by atoms with Gasteiger partial charge in [-0.05, 0) is 45.0 Å². The highest BCUT2D eigenvalue weighted by atomic mass is 15.5. The van der Waals surface area contributed by atoms with Gasteiger partial charge in [0, 0.05) is 6.54 Å². The van der Waals surface area contributed by atoms with Crippen molar-refractivity contribution in [1.29, 1.82) is 0 Å². The molecule has 0 fully saturated rings. The van der Waals surface area contributed by atoms with Crippen molar-refractivity contribution < 1.29 is 0 Å². The second-order valence-corrected chi connectivity index (χ2v) is 4.58. The molecule has 98 valence electrons. The molecule has 0 unspecified atom stereocenters. The van der Waals surface area contributed by atoms with Gasteiger partial charge < -0.3 is 0 Å². The fourth-order valence-electron chi connectivity index (χ4n) is 1.73. The minimum absolute atomic E-state index is 0.790. The molecule has 2 aromatic carbocycles. The van der Waals surface area contributed by atoms with E-state index in [0.717, 1.165) is 17.9 Å². The van der Waals surface area contributed by atoms with Gasteiger partial charge in [0.15, 0.2) is 0 Å². The average Bonchev–Trinajstić information content (AvgIpc) is 2.43. The molecule has 0 N–H and O–H groups in total. The summed E-state index contributed by atoms with van der Waals surface area (Å²) in [6.07, 6.45) is 0. The van der Waals surface area contributed by atoms with Crippen LogP contribution in [0.5, 0.6) is 0 Å². The van der Waals surface area contributed by atoms with E-state index in [1.54, 1.807) is 0 Å². The highest BCUT2D eigenvalue weighted by Crippen LogP contribution is 2.18. The number of rotatable bonds is 4. The van der Waals surface area contributed by atoms with E-state index in [2.05, 4.69) is 55.4 Å². The zero-order chi connectivity index (χ0) is 13.7. The zero-order valence-corrected chi connectivity index (χ0v) is 11.7. The van der Waals surface area contributed by atoms with Gasteiger partial charge in [-0.1, -0.05) is 40.6 Å². The van der Waals surface area contributed by atoms with Gasteiger partial charge in [-0.25, -0.2) is 5.01 Å². The van der Waals surface area contributed by atoms with E-state index in [0.29, 0.717) is 0 Å². The van der Waals surface area contributed by atoms with Crippen molar-refractivity contribution in [1.82, 2.24) is 0 Å². The molecular weight excluding hydrogens is 234 g/mol. The summed E-state index contributed by atoms with van der Waals surface area (Å²) in [6.45, 7) is 6.99. The Kier molecular flexibility index (Phi) is 4.29. The minimum Gasteiger partial charge on any atom is -0.247 e. The van der Waals surface area contributed by atoms with E-state index in [9.17, 15) is 0 Å². The van der Waals surface area contributed by atoms with Crippen LogP contribution in [0.25, 0.3) is 0 Å². The summed E-state index contributed by atoms with van der Waals surface area (Å²) < 4.78 is 0. The lowest BCUT2D eigenvalue weighted by Crippen LogP contribution is -2.14. The quantitative estimate of drug-likeness (QED) is 0.566. The molecule has 2 aromatic rings. The maximum atomic E-state index is 4.30. The van der Waals surface area contributed by atoms with Crippen LogP contribution in [0, 0.1) is 13.8 Å². The second kappa shape index (κ2) is 6.14. The molecule has 0 heterocycles. The van der Waals surface area contributed by atoms with Gasteiger partial charge in [0.2, 0.25) is 0 Å². The van der Waals surface area contributed by atoms with E-state index in [4.69, 9.17) is 0 Å². The Labute approximate surface area is 114 Å². The third kappa shape index (κ3) is 3.65. The van der Waals surface area contributed by atoms with Crippen molar-refractivity contribution in [3.05, 3.63) is 59.7 Å². The number of nitrogens with zero attached hydrogens (tertiary/aromatic N) is 3. The molecule has 0 aromatic heterocycles. The summed E-state index contributed by atoms with van der Waals surface area (Å²) in [6, 6.07) is 16.3. The number of benzene rings is 2. The second-order valence-electron chi connectivity index (χ2n) is 4.58. The first-order chi connectivity index (χ1) is 9.19. The predicted octanol–water partition coefficient (Wildman–Crippen LogP) is 4.83. The smallest absolute Gasteiger partial charge is 0.0874 e. The number of hydrogen-bond acceptors (Lipinski definition) is 2. The first-order valence-electron chi connectivity index (χ1n) is 6.51. The van der Waals surface area contributed by atoms with Gasteiger partial charge >= 0.3 is 0 Å². The first-order valence-corrected chi connectivity index (χ1v) is 6.51. The fourth-order valence-corrected chi connectivity index (χ4v) is 1.73. The van der Waals surface area contributed by atoms with Crippen molar-refractivity contribution in [2.45, 2.75) is 20.8 Å². The van der Waals surface area contributed by atoms with Crippen LogP contribution in [0.1, 0.15) is 18.1 Å². The van der Waals surface area contributed by atoms with Crippen LogP contribution in [0.2, 0.25) is 0 Å². The van der Waals surface area contributed by atoms with Gasteiger partial charge in [-0.2, -0.15) is 0 Å². The van der Waals surface area contributed by atoms with Crippen molar-refractivity contribution in [3.63, 3.8) is 0 Å². The molecule has 0 saturated heterocycles. The molecule has 0 amide bonds. The summed E-state index contributed by atoms with van der Waals surface area (Å²) in [7, 11) is 0. The largest absolute Gasteiger partial charge is 0.247 e. The molecule has 0 aliphatic rings. The molecule has 0 aliphatic carbocycles. The minimum atomic E-state index is 0.790. The number of hydrogen-bond donors (Lipinski definition) is 0. The van der Waals surface area contributed by atoms with Crippen LogP contribution >= 0.6 is 0 Å². The van der Waals surface area contributed by atoms with E-state index in [-0.39, 0.29) is 0 Å². The molecule has 3 heteroatoms. The van der Waals surface area contributed by atoms with E-state index in [1.807, 2.05) is 29.3 Å². The Hall–Kier alpha value is -2.16. The van der Waals surface area contributed by atoms with Gasteiger partial charge in [-0.15, -0.1) is 5.11 Å². The molecule has 0 atom stereocenters. The molecule has 19 heavy (non-hydrogen) atoms. The summed E-state index contributed by atoms with van der Waals surface area (Å²) in [5.74, 6) is 0. The van der Waals surface area contributed by atoms with Crippen LogP contribution in [0.3, 0.4) is 0 Å². The Morgan fingerprint density at radius 3 is 1.89 bits per heavy atom. The van der Waals surface area contributed by atoms with Gasteiger partial charge in [0.05, 0.1) is 11.4 Å². The average molecular weight is 253 g/mol. The van der Waals surface area contributed by atoms with Crippen LogP contribution in [0.15, 0.2) is 58.9 Å². The molecule has 0 bridgehead atoms. The van der Waals surface area contributed by atoms with Gasteiger partial charge in [0.25, 0.3) is 0 Å². The molecule has 2 rings (SSSR count). The van der Waals surface area contributed by atoms with Gasteiger partial charge in [-0.3, -0.25) is 0 Å². The van der Waals surface area contributed by atoms with Crippen LogP contribution in [-0.2, 0) is 0 Å². The lowest BCUT2D eigenvalue weighted by atomic mass is 10.2. The molecule has 0 saturated carbocycles. The summed E-state index contributed by atoms with van der Waals surface area (Å²) >= 11 is 0. The third-order valence-corrected chi connectivity index (χ3v) is 2.93. The van der Waals surface area contributed by atoms with Crippen LogP contribution in [0.4, 0.5) is 11.4 Å². The van der Waals surface area contributed by atoms with Gasteiger partial charge in [0.1, 0.15) is 0 Å². The maximum Gasteiger partial charge on any atom is 0.0874 e. The molecule has 0 spiro atoms. The predicted molar refractivity (Wildman–Crippen MR) is 79.9 cm³/mol. The lowest BCUT2D eigenvalue weighted by Gasteiger charge is -2.15. The Morgan fingerprint density at radius 1 is 0.842 bits per heavy atom. The summed E-state index contributed by atoms with van der Waals surface area (Å²) in [5.41, 5.74) is 4.40. The fraction of sp³-hybridized carbons (Fsp3) is 0.250. The third-order valence-electron chi connectivity index (χ3n) is 2.93. The molecule has 3 nitrogen and oxygen atoms in total. The lowest BCUT2D eigenvalue weighted by molar-refractivity contribution is 0.835. The normalized spacial score (nSPS) is 10.9. The van der Waals surface area contributed by atoms with E-state index < -0.39 is 0 Å². The Balaban J connectivity index is 2.14. The Morgan fingerprint density at radius 2 is 1.37 bits per heavy atom. The number of aryl methyl sites for hydroxylation is 2. The van der Waals surface area contributed by atoms with Crippen LogP contribution < -0.4 is 5.01 Å². The SMILES string of the molecule is CCN(N=Nc1ccc(C)cc1)c1ccc(C)cc1. The zero-order valence-electron chi connectivity index (χ0n) is 11.7. The van der Waals surface area contributed by atoms with Crippen molar-refractivity contribution in [2.75, 3.05) is 11.6 Å². The topological polar surface area (TPSA) is 28.0 Å².